The molecular weight excluding hydrogens is 284 g/mol. The normalized spacial score (nSPS) is 11.0. The van der Waals surface area contributed by atoms with E-state index in [0.717, 1.165) is 35.6 Å². The van der Waals surface area contributed by atoms with Gasteiger partial charge < -0.3 is 10.1 Å². The molecule has 2 rings (SSSR count). The third-order valence-electron chi connectivity index (χ3n) is 2.29. The summed E-state index contributed by atoms with van der Waals surface area (Å²) in [7, 11) is 1.69. The Hall–Kier alpha value is -1.03. The molecule has 0 aromatic carbocycles. The molecule has 2 heterocycles. The number of methoxy groups -OCH3 is 1. The highest BCUT2D eigenvalue weighted by Gasteiger charge is 2.07. The van der Waals surface area contributed by atoms with Crippen LogP contribution in [0.5, 0.6) is 0 Å². The van der Waals surface area contributed by atoms with Crippen molar-refractivity contribution in [2.75, 3.05) is 26.8 Å². The lowest BCUT2D eigenvalue weighted by molar-refractivity contribution is 0.199. The zero-order valence-electron chi connectivity index (χ0n) is 10.7. The maximum absolute atomic E-state index is 4.96. The van der Waals surface area contributed by atoms with Gasteiger partial charge in [-0.2, -0.15) is 0 Å². The van der Waals surface area contributed by atoms with Crippen LogP contribution in [0.25, 0.3) is 0 Å². The first-order valence-electron chi connectivity index (χ1n) is 5.87. The molecule has 7 nitrogen and oxygen atoms in total. The fourth-order valence-electron chi connectivity index (χ4n) is 1.37. The summed E-state index contributed by atoms with van der Waals surface area (Å²) in [4.78, 5) is 4.23. The number of rotatable bonds is 9. The van der Waals surface area contributed by atoms with Gasteiger partial charge in [-0.15, -0.1) is 16.4 Å². The number of hydrogen-bond donors (Lipinski definition) is 1. The van der Waals surface area contributed by atoms with Crippen LogP contribution < -0.4 is 5.32 Å². The minimum atomic E-state index is 0.710. The van der Waals surface area contributed by atoms with Gasteiger partial charge in [-0.05, 0) is 10.4 Å². The topological polar surface area (TPSA) is 77.8 Å². The summed E-state index contributed by atoms with van der Waals surface area (Å²) < 4.78 is 6.77. The van der Waals surface area contributed by atoms with Crippen molar-refractivity contribution in [1.29, 1.82) is 0 Å². The number of nitrogens with zero attached hydrogens (tertiary/aromatic N) is 5. The van der Waals surface area contributed by atoms with Crippen LogP contribution >= 0.6 is 23.1 Å². The summed E-state index contributed by atoms with van der Waals surface area (Å²) in [5, 5.41) is 18.8. The van der Waals surface area contributed by atoms with Gasteiger partial charge in [0.05, 0.1) is 18.9 Å². The number of ether oxygens (including phenoxy) is 1. The van der Waals surface area contributed by atoms with E-state index in [1.807, 2.05) is 11.6 Å². The van der Waals surface area contributed by atoms with E-state index in [1.54, 1.807) is 34.9 Å². The van der Waals surface area contributed by atoms with E-state index in [4.69, 9.17) is 4.74 Å². The second kappa shape index (κ2) is 8.20. The zero-order chi connectivity index (χ0) is 13.3. The molecule has 1 N–H and O–H groups in total. The molecule has 0 bridgehead atoms. The third kappa shape index (κ3) is 4.86. The molecule has 0 aliphatic heterocycles. The fourth-order valence-corrected chi connectivity index (χ4v) is 2.92. The lowest BCUT2D eigenvalue weighted by Crippen LogP contribution is -2.24. The second-order valence-corrected chi connectivity index (χ2v) is 5.56. The summed E-state index contributed by atoms with van der Waals surface area (Å²) >= 11 is 3.24. The molecule has 0 amide bonds. The van der Waals surface area contributed by atoms with E-state index >= 15 is 0 Å². The van der Waals surface area contributed by atoms with Crippen molar-refractivity contribution in [3.63, 3.8) is 0 Å². The Balaban J connectivity index is 1.74. The monoisotopic (exact) mass is 300 g/mol. The standard InChI is InChI=1S/C10H16N6OS2/c1-17-6-3-11-2-5-16-10(13-14-15-16)19-8-9-12-4-7-18-9/h4,7,11H,2-3,5-6,8H2,1H3. The number of aromatic nitrogens is 5. The summed E-state index contributed by atoms with van der Waals surface area (Å²) in [6, 6.07) is 0. The number of thiazole rings is 1. The molecule has 0 aliphatic rings. The van der Waals surface area contributed by atoms with Gasteiger partial charge in [0, 0.05) is 31.8 Å². The van der Waals surface area contributed by atoms with Crippen LogP contribution in [0, 0.1) is 0 Å². The van der Waals surface area contributed by atoms with E-state index < -0.39 is 0 Å². The molecule has 2 aromatic heterocycles. The van der Waals surface area contributed by atoms with Crippen molar-refractivity contribution in [2.24, 2.45) is 0 Å². The first-order valence-corrected chi connectivity index (χ1v) is 7.73. The number of thioether (sulfide) groups is 1. The molecule has 2 aromatic rings. The highest BCUT2D eigenvalue weighted by Crippen LogP contribution is 2.20. The largest absolute Gasteiger partial charge is 0.383 e. The number of nitrogens with one attached hydrogen (secondary N) is 1. The summed E-state index contributed by atoms with van der Waals surface area (Å²) in [5.74, 6) is 0.801. The molecule has 0 radical (unpaired) electrons. The molecule has 9 heteroatoms. The van der Waals surface area contributed by atoms with E-state index in [-0.39, 0.29) is 0 Å². The smallest absolute Gasteiger partial charge is 0.209 e. The van der Waals surface area contributed by atoms with Crippen LogP contribution in [0.15, 0.2) is 16.7 Å². The first kappa shape index (κ1) is 14.4. The minimum Gasteiger partial charge on any atom is -0.383 e. The van der Waals surface area contributed by atoms with Gasteiger partial charge in [0.15, 0.2) is 0 Å². The zero-order valence-corrected chi connectivity index (χ0v) is 12.3. The average molecular weight is 300 g/mol. The molecule has 19 heavy (non-hydrogen) atoms. The lowest BCUT2D eigenvalue weighted by atomic mass is 10.6. The van der Waals surface area contributed by atoms with Crippen LogP contribution in [0.3, 0.4) is 0 Å². The predicted molar refractivity (Wildman–Crippen MR) is 74.2 cm³/mol. The van der Waals surface area contributed by atoms with Crippen molar-refractivity contribution in [2.45, 2.75) is 17.5 Å². The maximum atomic E-state index is 4.96. The highest BCUT2D eigenvalue weighted by molar-refractivity contribution is 7.98. The lowest BCUT2D eigenvalue weighted by Gasteiger charge is -2.05. The molecule has 104 valence electrons. The van der Waals surface area contributed by atoms with Gasteiger partial charge in [-0.3, -0.25) is 0 Å². The Labute approximate surface area is 119 Å². The van der Waals surface area contributed by atoms with Gasteiger partial charge in [-0.25, -0.2) is 9.67 Å². The summed E-state index contributed by atoms with van der Waals surface area (Å²) in [6.45, 7) is 3.11. The summed E-state index contributed by atoms with van der Waals surface area (Å²) in [6.07, 6.45) is 1.81. The van der Waals surface area contributed by atoms with Gasteiger partial charge in [0.2, 0.25) is 5.16 Å². The number of tetrazole rings is 1. The van der Waals surface area contributed by atoms with E-state index in [0.29, 0.717) is 6.61 Å². The van der Waals surface area contributed by atoms with Gasteiger partial charge in [-0.1, -0.05) is 11.8 Å². The predicted octanol–water partition coefficient (Wildman–Crippen LogP) is 0.658. The van der Waals surface area contributed by atoms with Crippen LogP contribution in [0.2, 0.25) is 0 Å². The Bertz CT molecular complexity index is 460. The SMILES string of the molecule is COCCNCCn1nnnc1SCc1nccs1. The Kier molecular flexibility index (Phi) is 6.21. The van der Waals surface area contributed by atoms with Gasteiger partial charge in [0.25, 0.3) is 0 Å². The molecule has 0 saturated carbocycles. The van der Waals surface area contributed by atoms with Crippen molar-refractivity contribution in [3.8, 4) is 0 Å². The van der Waals surface area contributed by atoms with Crippen molar-refractivity contribution < 1.29 is 4.74 Å². The van der Waals surface area contributed by atoms with Gasteiger partial charge in [0.1, 0.15) is 5.01 Å². The molecule has 0 saturated heterocycles. The van der Waals surface area contributed by atoms with Gasteiger partial charge >= 0.3 is 0 Å². The Morgan fingerprint density at radius 1 is 1.47 bits per heavy atom. The van der Waals surface area contributed by atoms with Crippen LogP contribution in [-0.2, 0) is 17.0 Å². The van der Waals surface area contributed by atoms with Crippen molar-refractivity contribution in [3.05, 3.63) is 16.6 Å². The minimum absolute atomic E-state index is 0.710. The van der Waals surface area contributed by atoms with Crippen LogP contribution in [0.1, 0.15) is 5.01 Å². The quantitative estimate of drug-likeness (QED) is 0.538. The Morgan fingerprint density at radius 2 is 2.42 bits per heavy atom. The second-order valence-electron chi connectivity index (χ2n) is 3.64. The van der Waals surface area contributed by atoms with Crippen molar-refractivity contribution in [1.82, 2.24) is 30.5 Å². The molecule has 0 spiro atoms. The third-order valence-corrected chi connectivity index (χ3v) is 4.22. The molecule has 0 fully saturated rings. The maximum Gasteiger partial charge on any atom is 0.209 e. The Morgan fingerprint density at radius 3 is 3.21 bits per heavy atom. The number of hydrogen-bond acceptors (Lipinski definition) is 8. The van der Waals surface area contributed by atoms with E-state index in [2.05, 4.69) is 25.8 Å². The fraction of sp³-hybridized carbons (Fsp3) is 0.600. The molecular formula is C10H16N6OS2. The summed E-state index contributed by atoms with van der Waals surface area (Å²) in [5.41, 5.74) is 0. The highest BCUT2D eigenvalue weighted by atomic mass is 32.2. The molecule has 0 atom stereocenters. The van der Waals surface area contributed by atoms with Crippen molar-refractivity contribution >= 4 is 23.1 Å². The molecule has 0 aliphatic carbocycles. The van der Waals surface area contributed by atoms with E-state index in [1.165, 1.54) is 0 Å². The average Bonchev–Trinajstić information content (AvgIpc) is 3.07. The van der Waals surface area contributed by atoms with Crippen LogP contribution in [0.4, 0.5) is 0 Å². The first-order chi connectivity index (χ1) is 9.40. The molecule has 0 unspecified atom stereocenters. The van der Waals surface area contributed by atoms with E-state index in [9.17, 15) is 0 Å². The van der Waals surface area contributed by atoms with Crippen LogP contribution in [-0.4, -0.2) is 52.0 Å².